The molecule has 0 bridgehead atoms. The molecule has 1 N–H and O–H groups in total. The summed E-state index contributed by atoms with van der Waals surface area (Å²) >= 11 is 0. The zero-order chi connectivity index (χ0) is 17.3. The molecule has 0 spiro atoms. The lowest BCUT2D eigenvalue weighted by Gasteiger charge is -2.41. The molecule has 2 aliphatic heterocycles. The van der Waals surface area contributed by atoms with Crippen LogP contribution in [0.3, 0.4) is 0 Å². The number of nitrogens with zero attached hydrogens (tertiary/aromatic N) is 4. The van der Waals surface area contributed by atoms with Gasteiger partial charge in [0.1, 0.15) is 0 Å². The van der Waals surface area contributed by atoms with Crippen molar-refractivity contribution in [2.45, 2.75) is 25.7 Å². The number of hydrogen-bond acceptors (Lipinski definition) is 4. The van der Waals surface area contributed by atoms with Crippen LogP contribution in [0.15, 0.2) is 36.5 Å². The van der Waals surface area contributed by atoms with Crippen LogP contribution in [0.1, 0.15) is 25.7 Å². The Morgan fingerprint density at radius 3 is 2.27 bits per heavy atom. The van der Waals surface area contributed by atoms with Gasteiger partial charge in [0, 0.05) is 61.8 Å². The highest BCUT2D eigenvalue weighted by molar-refractivity contribution is 6.10. The summed E-state index contributed by atoms with van der Waals surface area (Å²) in [6.07, 6.45) is 7.43. The summed E-state index contributed by atoms with van der Waals surface area (Å²) in [6, 6.07) is 10.7. The maximum absolute atomic E-state index is 4.74. The highest BCUT2D eigenvalue weighted by atomic mass is 15.6. The van der Waals surface area contributed by atoms with E-state index in [1.807, 2.05) is 6.20 Å². The standard InChI is InChI=1S/C21H27N5/c1-2-6-12-25(11-5-1)26-15-13-24(14-16-26)21-20-18(9-10-22-21)17-7-3-4-8-19(17)23-20/h3-4,7-10,23H,1-2,5-6,11-16H2. The van der Waals surface area contributed by atoms with Crippen molar-refractivity contribution >= 4 is 27.6 Å². The van der Waals surface area contributed by atoms with Crippen molar-refractivity contribution in [1.29, 1.82) is 0 Å². The number of H-pyrrole nitrogens is 1. The van der Waals surface area contributed by atoms with Crippen molar-refractivity contribution in [2.24, 2.45) is 0 Å². The molecule has 2 fully saturated rings. The quantitative estimate of drug-likeness (QED) is 0.767. The van der Waals surface area contributed by atoms with Gasteiger partial charge in [0.15, 0.2) is 5.82 Å². The first-order valence-corrected chi connectivity index (χ1v) is 10.0. The summed E-state index contributed by atoms with van der Waals surface area (Å²) < 4.78 is 0. The van der Waals surface area contributed by atoms with Gasteiger partial charge in [-0.25, -0.2) is 15.0 Å². The predicted octanol–water partition coefficient (Wildman–Crippen LogP) is 3.63. The van der Waals surface area contributed by atoms with Gasteiger partial charge in [0.2, 0.25) is 0 Å². The molecule has 2 saturated heterocycles. The first kappa shape index (κ1) is 16.1. The van der Waals surface area contributed by atoms with Crippen LogP contribution in [-0.2, 0) is 0 Å². The Labute approximate surface area is 154 Å². The Kier molecular flexibility index (Phi) is 4.27. The Bertz CT molecular complexity index is 886. The lowest BCUT2D eigenvalue weighted by molar-refractivity contribution is -0.0264. The number of aromatic amines is 1. The van der Waals surface area contributed by atoms with E-state index in [2.05, 4.69) is 50.2 Å². The number of hydrogen-bond donors (Lipinski definition) is 1. The van der Waals surface area contributed by atoms with Gasteiger partial charge in [-0.05, 0) is 25.0 Å². The number of para-hydroxylation sites is 1. The molecular formula is C21H27N5. The van der Waals surface area contributed by atoms with Gasteiger partial charge < -0.3 is 9.88 Å². The molecule has 3 aromatic rings. The lowest BCUT2D eigenvalue weighted by Crippen LogP contribution is -2.54. The van der Waals surface area contributed by atoms with Crippen LogP contribution in [0, 0.1) is 0 Å². The van der Waals surface area contributed by atoms with Crippen LogP contribution in [0.25, 0.3) is 21.8 Å². The first-order chi connectivity index (χ1) is 12.9. The molecule has 2 aliphatic rings. The molecule has 0 aliphatic carbocycles. The van der Waals surface area contributed by atoms with E-state index in [1.54, 1.807) is 0 Å². The number of piperazine rings is 1. The lowest BCUT2D eigenvalue weighted by atomic mass is 10.2. The minimum Gasteiger partial charge on any atom is -0.352 e. The minimum absolute atomic E-state index is 1.04. The molecule has 0 unspecified atom stereocenters. The third-order valence-corrected chi connectivity index (χ3v) is 5.95. The van der Waals surface area contributed by atoms with E-state index >= 15 is 0 Å². The molecule has 5 rings (SSSR count). The van der Waals surface area contributed by atoms with E-state index in [0.29, 0.717) is 0 Å². The zero-order valence-corrected chi connectivity index (χ0v) is 15.3. The number of aromatic nitrogens is 2. The molecule has 4 heterocycles. The van der Waals surface area contributed by atoms with Crippen LogP contribution in [0.4, 0.5) is 5.82 Å². The van der Waals surface area contributed by atoms with Crippen molar-refractivity contribution in [1.82, 2.24) is 20.0 Å². The Balaban J connectivity index is 1.38. The van der Waals surface area contributed by atoms with Crippen molar-refractivity contribution in [3.05, 3.63) is 36.5 Å². The number of hydrazine groups is 1. The summed E-state index contributed by atoms with van der Waals surface area (Å²) in [7, 11) is 0. The number of fused-ring (bicyclic) bond motifs is 3. The molecule has 1 aromatic carbocycles. The van der Waals surface area contributed by atoms with E-state index in [-0.39, 0.29) is 0 Å². The van der Waals surface area contributed by atoms with Crippen LogP contribution in [0.5, 0.6) is 0 Å². The molecular weight excluding hydrogens is 322 g/mol. The highest BCUT2D eigenvalue weighted by Crippen LogP contribution is 2.31. The topological polar surface area (TPSA) is 38.4 Å². The van der Waals surface area contributed by atoms with Gasteiger partial charge in [-0.1, -0.05) is 31.0 Å². The largest absolute Gasteiger partial charge is 0.352 e. The fraction of sp³-hybridized carbons (Fsp3) is 0.476. The maximum atomic E-state index is 4.74. The SMILES string of the molecule is c1ccc2c(c1)[nH]c1c(N3CCN(N4CCCCCC4)CC3)nccc12. The van der Waals surface area contributed by atoms with Crippen LogP contribution >= 0.6 is 0 Å². The fourth-order valence-corrected chi connectivity index (χ4v) is 4.53. The number of rotatable bonds is 2. The summed E-state index contributed by atoms with van der Waals surface area (Å²) in [5.41, 5.74) is 2.37. The van der Waals surface area contributed by atoms with Gasteiger partial charge in [-0.2, -0.15) is 0 Å². The van der Waals surface area contributed by atoms with Gasteiger partial charge in [0.05, 0.1) is 5.52 Å². The summed E-state index contributed by atoms with van der Waals surface area (Å²) in [6.45, 7) is 6.73. The fourth-order valence-electron chi connectivity index (χ4n) is 4.53. The average molecular weight is 349 g/mol. The van der Waals surface area contributed by atoms with Crippen LogP contribution in [-0.4, -0.2) is 59.3 Å². The normalized spacial score (nSPS) is 20.7. The third-order valence-electron chi connectivity index (χ3n) is 5.95. The molecule has 2 aromatic heterocycles. The molecule has 136 valence electrons. The van der Waals surface area contributed by atoms with E-state index in [9.17, 15) is 0 Å². The summed E-state index contributed by atoms with van der Waals surface area (Å²) in [4.78, 5) is 10.8. The van der Waals surface area contributed by atoms with Crippen molar-refractivity contribution < 1.29 is 0 Å². The second-order valence-corrected chi connectivity index (χ2v) is 7.54. The number of anilines is 1. The molecule has 26 heavy (non-hydrogen) atoms. The van der Waals surface area contributed by atoms with Crippen molar-refractivity contribution in [2.75, 3.05) is 44.2 Å². The molecule has 0 amide bonds. The van der Waals surface area contributed by atoms with Crippen LogP contribution < -0.4 is 4.90 Å². The Morgan fingerprint density at radius 2 is 1.46 bits per heavy atom. The number of pyridine rings is 1. The van der Waals surface area contributed by atoms with Crippen molar-refractivity contribution in [3.63, 3.8) is 0 Å². The molecule has 5 heteroatoms. The smallest absolute Gasteiger partial charge is 0.153 e. The van der Waals surface area contributed by atoms with E-state index in [1.165, 1.54) is 60.6 Å². The Morgan fingerprint density at radius 1 is 0.731 bits per heavy atom. The van der Waals surface area contributed by atoms with Gasteiger partial charge >= 0.3 is 0 Å². The second-order valence-electron chi connectivity index (χ2n) is 7.54. The third kappa shape index (κ3) is 2.85. The minimum atomic E-state index is 1.04. The van der Waals surface area contributed by atoms with Gasteiger partial charge in [0.25, 0.3) is 0 Å². The van der Waals surface area contributed by atoms with E-state index < -0.39 is 0 Å². The summed E-state index contributed by atoms with van der Waals surface area (Å²) in [5, 5.41) is 7.74. The van der Waals surface area contributed by atoms with Crippen LogP contribution in [0.2, 0.25) is 0 Å². The predicted molar refractivity (Wildman–Crippen MR) is 107 cm³/mol. The van der Waals surface area contributed by atoms with Gasteiger partial charge in [-0.3, -0.25) is 0 Å². The number of nitrogens with one attached hydrogen (secondary N) is 1. The second kappa shape index (κ2) is 6.89. The molecule has 0 radical (unpaired) electrons. The van der Waals surface area contributed by atoms with E-state index in [0.717, 1.165) is 32.0 Å². The zero-order valence-electron chi connectivity index (χ0n) is 15.3. The first-order valence-electron chi connectivity index (χ1n) is 10.0. The molecule has 5 nitrogen and oxygen atoms in total. The molecule has 0 atom stereocenters. The van der Waals surface area contributed by atoms with Gasteiger partial charge in [-0.15, -0.1) is 0 Å². The monoisotopic (exact) mass is 349 g/mol. The van der Waals surface area contributed by atoms with Crippen molar-refractivity contribution in [3.8, 4) is 0 Å². The Hall–Kier alpha value is -2.11. The maximum Gasteiger partial charge on any atom is 0.153 e. The highest BCUT2D eigenvalue weighted by Gasteiger charge is 2.24. The summed E-state index contributed by atoms with van der Waals surface area (Å²) in [5.74, 6) is 1.11. The number of benzene rings is 1. The average Bonchev–Trinajstić information content (AvgIpc) is 2.87. The van der Waals surface area contributed by atoms with E-state index in [4.69, 9.17) is 4.98 Å². The molecule has 0 saturated carbocycles.